The molecule has 3 aromatic rings. The third kappa shape index (κ3) is 2.33. The first kappa shape index (κ1) is 12.6. The Morgan fingerprint density at radius 1 is 1.05 bits per heavy atom. The number of aliphatic hydroxyl groups is 1. The molecule has 1 heterocycles. The van der Waals surface area contributed by atoms with E-state index >= 15 is 0 Å². The lowest BCUT2D eigenvalue weighted by Gasteiger charge is -2.13. The Bertz CT molecular complexity index is 781. The van der Waals surface area contributed by atoms with Gasteiger partial charge < -0.3 is 5.11 Å². The molecule has 0 bridgehead atoms. The second-order valence-corrected chi connectivity index (χ2v) is 4.65. The summed E-state index contributed by atoms with van der Waals surface area (Å²) >= 11 is 0. The molecule has 3 rings (SSSR count). The maximum Gasteiger partial charge on any atom is 0.261 e. The molecular formula is C16H14N2O2. The van der Waals surface area contributed by atoms with E-state index in [-0.39, 0.29) is 12.1 Å². The average Bonchev–Trinajstić information content (AvgIpc) is 2.51. The minimum atomic E-state index is -0.725. The van der Waals surface area contributed by atoms with E-state index in [4.69, 9.17) is 0 Å². The fourth-order valence-corrected chi connectivity index (χ4v) is 2.20. The van der Waals surface area contributed by atoms with Gasteiger partial charge in [-0.25, -0.2) is 4.98 Å². The van der Waals surface area contributed by atoms with Crippen molar-refractivity contribution in [3.63, 3.8) is 0 Å². The minimum absolute atomic E-state index is 0.134. The Hall–Kier alpha value is -2.46. The average molecular weight is 266 g/mol. The molecular weight excluding hydrogens is 252 g/mol. The number of hydrogen-bond acceptors (Lipinski definition) is 3. The molecule has 1 N–H and O–H groups in total. The summed E-state index contributed by atoms with van der Waals surface area (Å²) in [5.41, 5.74) is 1.32. The van der Waals surface area contributed by atoms with Crippen molar-refractivity contribution >= 4 is 10.9 Å². The topological polar surface area (TPSA) is 55.1 Å². The predicted octanol–water partition coefficient (Wildman–Crippen LogP) is 2.13. The summed E-state index contributed by atoms with van der Waals surface area (Å²) in [6.45, 7) is 0.195. The normalized spacial score (nSPS) is 12.4. The number of para-hydroxylation sites is 1. The molecule has 1 atom stereocenters. The van der Waals surface area contributed by atoms with Crippen molar-refractivity contribution in [3.05, 3.63) is 76.8 Å². The largest absolute Gasteiger partial charge is 0.387 e. The number of benzene rings is 2. The summed E-state index contributed by atoms with van der Waals surface area (Å²) in [5.74, 6) is 0. The van der Waals surface area contributed by atoms with E-state index < -0.39 is 6.10 Å². The van der Waals surface area contributed by atoms with Crippen molar-refractivity contribution in [2.24, 2.45) is 0 Å². The highest BCUT2D eigenvalue weighted by atomic mass is 16.3. The third-order valence-corrected chi connectivity index (χ3v) is 3.29. The lowest BCUT2D eigenvalue weighted by atomic mass is 10.1. The van der Waals surface area contributed by atoms with E-state index in [2.05, 4.69) is 4.98 Å². The first-order valence-corrected chi connectivity index (χ1v) is 6.43. The van der Waals surface area contributed by atoms with Crippen LogP contribution < -0.4 is 5.56 Å². The SMILES string of the molecule is O=c1c2ccccc2ncn1CC(O)c1ccccc1. The summed E-state index contributed by atoms with van der Waals surface area (Å²) in [5, 5.41) is 10.7. The van der Waals surface area contributed by atoms with Crippen LogP contribution in [0.25, 0.3) is 10.9 Å². The van der Waals surface area contributed by atoms with Gasteiger partial charge in [-0.05, 0) is 17.7 Å². The van der Waals surface area contributed by atoms with Gasteiger partial charge in [-0.2, -0.15) is 0 Å². The molecule has 100 valence electrons. The quantitative estimate of drug-likeness (QED) is 0.790. The smallest absolute Gasteiger partial charge is 0.261 e. The molecule has 0 amide bonds. The van der Waals surface area contributed by atoms with Gasteiger partial charge in [0.15, 0.2) is 0 Å². The second-order valence-electron chi connectivity index (χ2n) is 4.65. The number of nitrogens with zero attached hydrogens (tertiary/aromatic N) is 2. The van der Waals surface area contributed by atoms with Gasteiger partial charge in [-0.15, -0.1) is 0 Å². The van der Waals surface area contributed by atoms with E-state index in [1.165, 1.54) is 10.9 Å². The molecule has 0 saturated heterocycles. The van der Waals surface area contributed by atoms with Crippen LogP contribution in [-0.2, 0) is 6.54 Å². The van der Waals surface area contributed by atoms with Crippen LogP contribution in [0.3, 0.4) is 0 Å². The van der Waals surface area contributed by atoms with Crippen molar-refractivity contribution in [1.82, 2.24) is 9.55 Å². The van der Waals surface area contributed by atoms with Gasteiger partial charge in [-0.3, -0.25) is 9.36 Å². The monoisotopic (exact) mass is 266 g/mol. The van der Waals surface area contributed by atoms with Crippen LogP contribution in [0.1, 0.15) is 11.7 Å². The van der Waals surface area contributed by atoms with Gasteiger partial charge in [0.05, 0.1) is 29.9 Å². The highest BCUT2D eigenvalue weighted by Gasteiger charge is 2.10. The summed E-state index contributed by atoms with van der Waals surface area (Å²) in [4.78, 5) is 16.5. The van der Waals surface area contributed by atoms with Crippen molar-refractivity contribution in [3.8, 4) is 0 Å². The zero-order chi connectivity index (χ0) is 13.9. The molecule has 20 heavy (non-hydrogen) atoms. The second kappa shape index (κ2) is 5.27. The summed E-state index contributed by atoms with van der Waals surface area (Å²) < 4.78 is 1.44. The van der Waals surface area contributed by atoms with Crippen LogP contribution in [0, 0.1) is 0 Å². The maximum absolute atomic E-state index is 12.3. The summed E-state index contributed by atoms with van der Waals surface area (Å²) in [7, 11) is 0. The van der Waals surface area contributed by atoms with E-state index in [1.54, 1.807) is 12.1 Å². The fourth-order valence-electron chi connectivity index (χ4n) is 2.20. The van der Waals surface area contributed by atoms with Gasteiger partial charge >= 0.3 is 0 Å². The van der Waals surface area contributed by atoms with Crippen LogP contribution >= 0.6 is 0 Å². The van der Waals surface area contributed by atoms with Gasteiger partial charge in [0.2, 0.25) is 0 Å². The molecule has 1 unspecified atom stereocenters. The molecule has 0 spiro atoms. The highest BCUT2D eigenvalue weighted by Crippen LogP contribution is 2.14. The van der Waals surface area contributed by atoms with Gasteiger partial charge in [-0.1, -0.05) is 42.5 Å². The lowest BCUT2D eigenvalue weighted by Crippen LogP contribution is -2.23. The zero-order valence-corrected chi connectivity index (χ0v) is 10.8. The van der Waals surface area contributed by atoms with Crippen molar-refractivity contribution in [1.29, 1.82) is 0 Å². The molecule has 0 radical (unpaired) electrons. The number of fused-ring (bicyclic) bond motifs is 1. The van der Waals surface area contributed by atoms with Crippen LogP contribution in [0.2, 0.25) is 0 Å². The molecule has 2 aromatic carbocycles. The van der Waals surface area contributed by atoms with E-state index in [1.807, 2.05) is 42.5 Å². The van der Waals surface area contributed by atoms with Crippen molar-refractivity contribution < 1.29 is 5.11 Å². The number of aliphatic hydroxyl groups excluding tert-OH is 1. The number of aromatic nitrogens is 2. The Labute approximate surface area is 116 Å². The summed E-state index contributed by atoms with van der Waals surface area (Å²) in [6.07, 6.45) is 0.758. The predicted molar refractivity (Wildman–Crippen MR) is 77.4 cm³/mol. The lowest BCUT2D eigenvalue weighted by molar-refractivity contribution is 0.155. The standard InChI is InChI=1S/C16H14N2O2/c19-15(12-6-2-1-3-7-12)10-18-11-17-14-9-5-4-8-13(14)16(18)20/h1-9,11,15,19H,10H2. The molecule has 0 fully saturated rings. The van der Waals surface area contributed by atoms with Crippen molar-refractivity contribution in [2.75, 3.05) is 0 Å². The Morgan fingerprint density at radius 2 is 1.75 bits per heavy atom. The molecule has 0 aliphatic carbocycles. The number of rotatable bonds is 3. The van der Waals surface area contributed by atoms with Gasteiger partial charge in [0, 0.05) is 0 Å². The van der Waals surface area contributed by atoms with E-state index in [9.17, 15) is 9.90 Å². The van der Waals surface area contributed by atoms with E-state index in [0.717, 1.165) is 5.56 Å². The molecule has 0 aliphatic heterocycles. The summed E-state index contributed by atoms with van der Waals surface area (Å²) in [6, 6.07) is 16.5. The fraction of sp³-hybridized carbons (Fsp3) is 0.125. The first-order valence-electron chi connectivity index (χ1n) is 6.43. The van der Waals surface area contributed by atoms with E-state index in [0.29, 0.717) is 10.9 Å². The molecule has 4 heteroatoms. The highest BCUT2D eigenvalue weighted by molar-refractivity contribution is 5.76. The Morgan fingerprint density at radius 3 is 2.55 bits per heavy atom. The van der Waals surface area contributed by atoms with Crippen LogP contribution in [0.5, 0.6) is 0 Å². The van der Waals surface area contributed by atoms with Gasteiger partial charge in [0.25, 0.3) is 5.56 Å². The molecule has 0 aliphatic rings. The molecule has 0 saturated carbocycles. The van der Waals surface area contributed by atoms with Crippen LogP contribution in [-0.4, -0.2) is 14.7 Å². The number of hydrogen-bond donors (Lipinski definition) is 1. The zero-order valence-electron chi connectivity index (χ0n) is 10.8. The third-order valence-electron chi connectivity index (χ3n) is 3.29. The van der Waals surface area contributed by atoms with Crippen LogP contribution in [0.15, 0.2) is 65.7 Å². The first-order chi connectivity index (χ1) is 9.75. The molecule has 4 nitrogen and oxygen atoms in total. The Balaban J connectivity index is 1.96. The molecule has 1 aromatic heterocycles. The minimum Gasteiger partial charge on any atom is -0.387 e. The van der Waals surface area contributed by atoms with Crippen LogP contribution in [0.4, 0.5) is 0 Å². The van der Waals surface area contributed by atoms with Gasteiger partial charge in [0.1, 0.15) is 0 Å². The Kier molecular flexibility index (Phi) is 3.31. The van der Waals surface area contributed by atoms with Crippen molar-refractivity contribution in [2.45, 2.75) is 12.6 Å². The maximum atomic E-state index is 12.3.